The summed E-state index contributed by atoms with van der Waals surface area (Å²) < 4.78 is 47.8. The number of carbonyl (C=O) groups excluding carboxylic acids is 1. The predicted octanol–water partition coefficient (Wildman–Crippen LogP) is 5.26. The van der Waals surface area contributed by atoms with E-state index in [2.05, 4.69) is 9.98 Å². The number of fused-ring (bicyclic) bond motifs is 3. The van der Waals surface area contributed by atoms with Crippen molar-refractivity contribution in [1.82, 2.24) is 9.55 Å². The van der Waals surface area contributed by atoms with Crippen molar-refractivity contribution in [2.45, 2.75) is 39.1 Å². The third-order valence-corrected chi connectivity index (χ3v) is 4.98. The molecule has 0 saturated carbocycles. The highest BCUT2D eigenvalue weighted by atomic mass is 19.4. The van der Waals surface area contributed by atoms with Crippen LogP contribution >= 0.6 is 0 Å². The standard InChI is InChI=1S/C23H20F3N3O2/c1-3-7-17-13-27-21-22(31-14(2)30)28-20(15-8-5-4-6-9-15)18-12-16(23(24,25)26)10-11-19(18)29(17)21/h4-6,8-13,22H,3,7H2,1-2H3. The first-order chi connectivity index (χ1) is 14.8. The van der Waals surface area contributed by atoms with Gasteiger partial charge in [-0.1, -0.05) is 43.7 Å². The average Bonchev–Trinajstić information content (AvgIpc) is 3.08. The first-order valence-corrected chi connectivity index (χ1v) is 9.88. The number of hydrogen-bond acceptors (Lipinski definition) is 4. The minimum atomic E-state index is -4.51. The molecular formula is C23H20F3N3O2. The van der Waals surface area contributed by atoms with Crippen LogP contribution in [0.3, 0.4) is 0 Å². The number of ether oxygens (including phenoxy) is 1. The molecule has 0 saturated heterocycles. The number of aromatic nitrogens is 2. The highest BCUT2D eigenvalue weighted by Crippen LogP contribution is 2.36. The summed E-state index contributed by atoms with van der Waals surface area (Å²) in [4.78, 5) is 20.8. The Morgan fingerprint density at radius 3 is 2.55 bits per heavy atom. The van der Waals surface area contributed by atoms with E-state index in [0.29, 0.717) is 34.8 Å². The summed E-state index contributed by atoms with van der Waals surface area (Å²) in [6.45, 7) is 3.26. The number of aliphatic imine (C=N–C) groups is 1. The van der Waals surface area contributed by atoms with Gasteiger partial charge in [-0.3, -0.25) is 9.36 Å². The Balaban J connectivity index is 2.04. The van der Waals surface area contributed by atoms with Crippen molar-refractivity contribution in [1.29, 1.82) is 0 Å². The lowest BCUT2D eigenvalue weighted by Crippen LogP contribution is -2.13. The number of alkyl halides is 3. The molecule has 0 bridgehead atoms. The molecule has 0 fully saturated rings. The summed E-state index contributed by atoms with van der Waals surface area (Å²) >= 11 is 0. The van der Waals surface area contributed by atoms with Crippen LogP contribution in [0.1, 0.15) is 54.7 Å². The van der Waals surface area contributed by atoms with Crippen LogP contribution in [0.4, 0.5) is 13.2 Å². The van der Waals surface area contributed by atoms with E-state index in [1.807, 2.05) is 13.0 Å². The number of halogens is 3. The molecule has 1 aromatic heterocycles. The number of aryl methyl sites for hydroxylation is 1. The van der Waals surface area contributed by atoms with Crippen LogP contribution in [-0.2, 0) is 22.1 Å². The lowest BCUT2D eigenvalue weighted by atomic mass is 9.98. The Bertz CT molecular complexity index is 1150. The quantitative estimate of drug-likeness (QED) is 0.534. The van der Waals surface area contributed by atoms with Gasteiger partial charge in [-0.25, -0.2) is 9.98 Å². The van der Waals surface area contributed by atoms with Gasteiger partial charge >= 0.3 is 12.1 Å². The molecule has 2 heterocycles. The monoisotopic (exact) mass is 427 g/mol. The third-order valence-electron chi connectivity index (χ3n) is 4.98. The van der Waals surface area contributed by atoms with Crippen molar-refractivity contribution in [3.8, 4) is 5.69 Å². The van der Waals surface area contributed by atoms with Gasteiger partial charge in [0, 0.05) is 29.9 Å². The number of esters is 1. The molecule has 0 N–H and O–H groups in total. The minimum Gasteiger partial charge on any atom is -0.432 e. The molecule has 1 unspecified atom stereocenters. The molecule has 2 aromatic carbocycles. The number of nitrogens with zero attached hydrogens (tertiary/aromatic N) is 3. The van der Waals surface area contributed by atoms with E-state index in [1.165, 1.54) is 13.0 Å². The summed E-state index contributed by atoms with van der Waals surface area (Å²) in [6.07, 6.45) is -2.48. The molecule has 4 rings (SSSR count). The Hall–Kier alpha value is -3.42. The Morgan fingerprint density at radius 1 is 1.16 bits per heavy atom. The molecule has 31 heavy (non-hydrogen) atoms. The van der Waals surface area contributed by atoms with Crippen molar-refractivity contribution in [2.24, 2.45) is 4.99 Å². The van der Waals surface area contributed by atoms with Crippen LogP contribution in [0, 0.1) is 0 Å². The van der Waals surface area contributed by atoms with E-state index in [-0.39, 0.29) is 0 Å². The molecule has 1 aliphatic rings. The highest BCUT2D eigenvalue weighted by molar-refractivity contribution is 6.15. The van der Waals surface area contributed by atoms with Gasteiger partial charge in [-0.05, 0) is 24.6 Å². The Labute approximate surface area is 177 Å². The number of rotatable bonds is 4. The van der Waals surface area contributed by atoms with Crippen molar-refractivity contribution < 1.29 is 22.7 Å². The minimum absolute atomic E-state index is 0.298. The lowest BCUT2D eigenvalue weighted by molar-refractivity contribution is -0.146. The summed E-state index contributed by atoms with van der Waals surface area (Å²) in [6, 6.07) is 12.4. The molecule has 8 heteroatoms. The van der Waals surface area contributed by atoms with Gasteiger partial charge in [0.2, 0.25) is 0 Å². The average molecular weight is 427 g/mol. The van der Waals surface area contributed by atoms with Crippen molar-refractivity contribution in [2.75, 3.05) is 0 Å². The normalized spacial score (nSPS) is 15.5. The largest absolute Gasteiger partial charge is 0.432 e. The topological polar surface area (TPSA) is 56.5 Å². The maximum Gasteiger partial charge on any atom is 0.416 e. The fourth-order valence-corrected chi connectivity index (χ4v) is 3.69. The zero-order valence-corrected chi connectivity index (χ0v) is 17.0. The Kier molecular flexibility index (Phi) is 5.39. The highest BCUT2D eigenvalue weighted by Gasteiger charge is 2.34. The maximum absolute atomic E-state index is 13.5. The molecule has 3 aromatic rings. The third kappa shape index (κ3) is 3.97. The molecule has 1 atom stereocenters. The van der Waals surface area contributed by atoms with Gasteiger partial charge in [0.25, 0.3) is 6.23 Å². The van der Waals surface area contributed by atoms with Crippen molar-refractivity contribution in [3.05, 3.63) is 82.9 Å². The molecule has 160 valence electrons. The zero-order valence-electron chi connectivity index (χ0n) is 17.0. The van der Waals surface area contributed by atoms with Gasteiger partial charge in [0.15, 0.2) is 5.82 Å². The van der Waals surface area contributed by atoms with Crippen LogP contribution in [0.5, 0.6) is 0 Å². The summed E-state index contributed by atoms with van der Waals surface area (Å²) in [5.74, 6) is -0.208. The van der Waals surface area contributed by atoms with Crippen molar-refractivity contribution >= 4 is 11.7 Å². The molecule has 0 amide bonds. The van der Waals surface area contributed by atoms with Crippen LogP contribution in [0.2, 0.25) is 0 Å². The second kappa shape index (κ2) is 8.02. The van der Waals surface area contributed by atoms with Gasteiger partial charge in [0.05, 0.1) is 17.0 Å². The van der Waals surface area contributed by atoms with E-state index in [4.69, 9.17) is 4.74 Å². The van der Waals surface area contributed by atoms with Crippen LogP contribution in [0.15, 0.2) is 59.7 Å². The van der Waals surface area contributed by atoms with E-state index in [0.717, 1.165) is 24.2 Å². The van der Waals surface area contributed by atoms with Crippen molar-refractivity contribution in [3.63, 3.8) is 0 Å². The molecular weight excluding hydrogens is 407 g/mol. The van der Waals surface area contributed by atoms with E-state index in [9.17, 15) is 18.0 Å². The number of imidazole rings is 1. The van der Waals surface area contributed by atoms with Crippen LogP contribution in [-0.4, -0.2) is 21.2 Å². The van der Waals surface area contributed by atoms with E-state index < -0.39 is 23.9 Å². The van der Waals surface area contributed by atoms with E-state index >= 15 is 0 Å². The van der Waals surface area contributed by atoms with Gasteiger partial charge < -0.3 is 4.74 Å². The van der Waals surface area contributed by atoms with Crippen LogP contribution < -0.4 is 0 Å². The first kappa shape index (κ1) is 20.8. The molecule has 0 spiro atoms. The lowest BCUT2D eigenvalue weighted by Gasteiger charge is -2.17. The smallest absolute Gasteiger partial charge is 0.416 e. The molecule has 5 nitrogen and oxygen atoms in total. The first-order valence-electron chi connectivity index (χ1n) is 9.88. The summed E-state index contributed by atoms with van der Waals surface area (Å²) in [5, 5.41) is 0. The number of benzene rings is 2. The molecule has 0 radical (unpaired) electrons. The fourth-order valence-electron chi connectivity index (χ4n) is 3.69. The summed E-state index contributed by atoms with van der Waals surface area (Å²) in [5.41, 5.74) is 1.76. The van der Waals surface area contributed by atoms with E-state index in [1.54, 1.807) is 35.0 Å². The van der Waals surface area contributed by atoms with Gasteiger partial charge in [-0.15, -0.1) is 0 Å². The second-order valence-electron chi connectivity index (χ2n) is 7.23. The number of hydrogen-bond donors (Lipinski definition) is 0. The SMILES string of the molecule is CCCc1cnc2n1-c1ccc(C(F)(F)F)cc1C(c1ccccc1)=NC2OC(C)=O. The molecule has 1 aliphatic heterocycles. The second-order valence-corrected chi connectivity index (χ2v) is 7.23. The van der Waals surface area contributed by atoms with Gasteiger partial charge in [0.1, 0.15) is 0 Å². The van der Waals surface area contributed by atoms with Crippen LogP contribution in [0.25, 0.3) is 5.69 Å². The fraction of sp³-hybridized carbons (Fsp3) is 0.261. The predicted molar refractivity (Wildman–Crippen MR) is 109 cm³/mol. The number of carbonyl (C=O) groups is 1. The van der Waals surface area contributed by atoms with Gasteiger partial charge in [-0.2, -0.15) is 13.2 Å². The summed E-state index contributed by atoms with van der Waals surface area (Å²) in [7, 11) is 0. The molecule has 0 aliphatic carbocycles. The zero-order chi connectivity index (χ0) is 22.2. The maximum atomic E-state index is 13.5. The Morgan fingerprint density at radius 2 is 1.90 bits per heavy atom.